The number of hydrogen-bond acceptors (Lipinski definition) is 4. The van der Waals surface area contributed by atoms with Gasteiger partial charge in [0.25, 0.3) is 5.56 Å². The van der Waals surface area contributed by atoms with Crippen LogP contribution in [0.4, 0.5) is 5.69 Å². The highest BCUT2D eigenvalue weighted by molar-refractivity contribution is 5.86. The van der Waals surface area contributed by atoms with Crippen LogP contribution in [-0.4, -0.2) is 15.0 Å². The van der Waals surface area contributed by atoms with E-state index in [4.69, 9.17) is 5.73 Å². The van der Waals surface area contributed by atoms with E-state index >= 15 is 0 Å². The van der Waals surface area contributed by atoms with E-state index in [1.54, 1.807) is 0 Å². The van der Waals surface area contributed by atoms with Gasteiger partial charge in [-0.3, -0.25) is 9.78 Å². The van der Waals surface area contributed by atoms with Gasteiger partial charge in [0.1, 0.15) is 5.52 Å². The predicted molar refractivity (Wildman–Crippen MR) is 44.6 cm³/mol. The predicted octanol–water partition coefficient (Wildman–Crippen LogP) is -0.0997. The molecule has 0 aliphatic carbocycles. The number of rotatable bonds is 0. The van der Waals surface area contributed by atoms with Crippen LogP contribution in [0.3, 0.4) is 0 Å². The minimum atomic E-state index is -0.222. The molecule has 5 nitrogen and oxygen atoms in total. The average molecular weight is 162 g/mol. The number of aromatic nitrogens is 3. The van der Waals surface area contributed by atoms with E-state index in [1.165, 1.54) is 18.7 Å². The Bertz CT molecular complexity index is 476. The van der Waals surface area contributed by atoms with Gasteiger partial charge >= 0.3 is 0 Å². The van der Waals surface area contributed by atoms with Gasteiger partial charge in [-0.1, -0.05) is 0 Å². The molecule has 3 N–H and O–H groups in total. The third-order valence-corrected chi connectivity index (χ3v) is 1.58. The first-order chi connectivity index (χ1) is 5.79. The summed E-state index contributed by atoms with van der Waals surface area (Å²) < 4.78 is 0. The summed E-state index contributed by atoms with van der Waals surface area (Å²) in [6.07, 6.45) is 4.23. The first-order valence-electron chi connectivity index (χ1n) is 3.36. The molecule has 0 unspecified atom stereocenters. The zero-order valence-corrected chi connectivity index (χ0v) is 6.11. The summed E-state index contributed by atoms with van der Waals surface area (Å²) in [5, 5.41) is 0.414. The summed E-state index contributed by atoms with van der Waals surface area (Å²) in [5.74, 6) is 0. The number of hydrogen-bond donors (Lipinski definition) is 2. The van der Waals surface area contributed by atoms with Crippen LogP contribution in [0.25, 0.3) is 10.9 Å². The fraction of sp³-hybridized carbons (Fsp3) is 0. The molecule has 0 aliphatic rings. The van der Waals surface area contributed by atoms with E-state index in [-0.39, 0.29) is 5.56 Å². The number of aromatic amines is 1. The molecule has 12 heavy (non-hydrogen) atoms. The monoisotopic (exact) mass is 162 g/mol. The molecule has 0 fully saturated rings. The van der Waals surface area contributed by atoms with Crippen molar-refractivity contribution < 1.29 is 0 Å². The van der Waals surface area contributed by atoms with Gasteiger partial charge in [-0.05, 0) is 0 Å². The number of H-pyrrole nitrogens is 1. The summed E-state index contributed by atoms with van der Waals surface area (Å²) in [5.41, 5.74) is 6.23. The van der Waals surface area contributed by atoms with Crippen LogP contribution in [0, 0.1) is 0 Å². The van der Waals surface area contributed by atoms with Gasteiger partial charge < -0.3 is 10.7 Å². The molecular weight excluding hydrogens is 156 g/mol. The van der Waals surface area contributed by atoms with Crippen LogP contribution in [0.1, 0.15) is 0 Å². The number of anilines is 1. The first-order valence-corrected chi connectivity index (χ1v) is 3.36. The lowest BCUT2D eigenvalue weighted by Gasteiger charge is -1.96. The molecule has 0 saturated carbocycles. The third-order valence-electron chi connectivity index (χ3n) is 1.58. The second-order valence-electron chi connectivity index (χ2n) is 2.36. The molecule has 0 aliphatic heterocycles. The Kier molecular flexibility index (Phi) is 1.30. The van der Waals surface area contributed by atoms with Gasteiger partial charge in [-0.15, -0.1) is 0 Å². The number of nitrogens with two attached hydrogens (primary N) is 1. The smallest absolute Gasteiger partial charge is 0.260 e. The molecular formula is C7H6N4O. The van der Waals surface area contributed by atoms with E-state index in [1.807, 2.05) is 0 Å². The zero-order chi connectivity index (χ0) is 8.55. The van der Waals surface area contributed by atoms with Gasteiger partial charge in [0.15, 0.2) is 0 Å². The molecule has 0 radical (unpaired) electrons. The minimum Gasteiger partial charge on any atom is -0.396 e. The van der Waals surface area contributed by atoms with Crippen molar-refractivity contribution in [3.63, 3.8) is 0 Å². The summed E-state index contributed by atoms with van der Waals surface area (Å²) in [6.45, 7) is 0. The largest absolute Gasteiger partial charge is 0.396 e. The molecule has 0 spiro atoms. The van der Waals surface area contributed by atoms with Crippen molar-refractivity contribution in [2.45, 2.75) is 0 Å². The van der Waals surface area contributed by atoms with E-state index in [0.29, 0.717) is 16.6 Å². The van der Waals surface area contributed by atoms with Gasteiger partial charge in [-0.2, -0.15) is 0 Å². The Labute approximate surface area is 67.3 Å². The standard InChI is InChI=1S/C7H6N4O/c8-5-2-9-1-4-6(5)10-3-11-7(4)12/h1-3H,8H2,(H,10,11,12). The molecule has 2 heterocycles. The molecule has 2 aromatic rings. The molecule has 5 heteroatoms. The Hall–Kier alpha value is -1.91. The lowest BCUT2D eigenvalue weighted by molar-refractivity contribution is 1.16. The maximum atomic E-state index is 11.1. The normalized spacial score (nSPS) is 10.3. The number of nitrogens with zero attached hydrogens (tertiary/aromatic N) is 2. The SMILES string of the molecule is Nc1cncc2c(=O)[nH]cnc12. The highest BCUT2D eigenvalue weighted by Crippen LogP contribution is 2.10. The summed E-state index contributed by atoms with van der Waals surface area (Å²) in [6, 6.07) is 0. The molecule has 0 amide bonds. The zero-order valence-electron chi connectivity index (χ0n) is 6.11. The molecule has 0 aromatic carbocycles. The van der Waals surface area contributed by atoms with Crippen LogP contribution < -0.4 is 11.3 Å². The molecule has 2 aromatic heterocycles. The first kappa shape index (κ1) is 6.78. The second-order valence-corrected chi connectivity index (χ2v) is 2.36. The fourth-order valence-electron chi connectivity index (χ4n) is 1.01. The number of nitrogens with one attached hydrogen (secondary N) is 1. The quantitative estimate of drug-likeness (QED) is 0.566. The van der Waals surface area contributed by atoms with Gasteiger partial charge in [-0.25, -0.2) is 4.98 Å². The van der Waals surface area contributed by atoms with E-state index in [0.717, 1.165) is 0 Å². The van der Waals surface area contributed by atoms with Gasteiger partial charge in [0, 0.05) is 6.20 Å². The average Bonchev–Trinajstić information content (AvgIpc) is 2.07. The number of pyridine rings is 1. The van der Waals surface area contributed by atoms with Crippen molar-refractivity contribution in [2.75, 3.05) is 5.73 Å². The van der Waals surface area contributed by atoms with E-state index in [2.05, 4.69) is 15.0 Å². The van der Waals surface area contributed by atoms with Crippen LogP contribution in [0.2, 0.25) is 0 Å². The maximum Gasteiger partial charge on any atom is 0.260 e. The Balaban J connectivity index is 3.05. The summed E-state index contributed by atoms with van der Waals surface area (Å²) >= 11 is 0. The summed E-state index contributed by atoms with van der Waals surface area (Å²) in [4.78, 5) is 21.3. The van der Waals surface area contributed by atoms with Crippen molar-refractivity contribution in [1.29, 1.82) is 0 Å². The van der Waals surface area contributed by atoms with Crippen LogP contribution >= 0.6 is 0 Å². The van der Waals surface area contributed by atoms with Crippen molar-refractivity contribution in [2.24, 2.45) is 0 Å². The molecule has 0 bridgehead atoms. The highest BCUT2D eigenvalue weighted by atomic mass is 16.1. The number of fused-ring (bicyclic) bond motifs is 1. The van der Waals surface area contributed by atoms with E-state index in [9.17, 15) is 4.79 Å². The Morgan fingerprint density at radius 1 is 1.42 bits per heavy atom. The highest BCUT2D eigenvalue weighted by Gasteiger charge is 2.01. The Morgan fingerprint density at radius 2 is 2.25 bits per heavy atom. The second kappa shape index (κ2) is 2.30. The summed E-state index contributed by atoms with van der Waals surface area (Å²) in [7, 11) is 0. The van der Waals surface area contributed by atoms with Crippen molar-refractivity contribution in [3.8, 4) is 0 Å². The fourth-order valence-corrected chi connectivity index (χ4v) is 1.01. The molecule has 0 atom stereocenters. The minimum absolute atomic E-state index is 0.222. The molecule has 0 saturated heterocycles. The lowest BCUT2D eigenvalue weighted by Crippen LogP contribution is -2.07. The topological polar surface area (TPSA) is 84.7 Å². The lowest BCUT2D eigenvalue weighted by atomic mass is 10.3. The van der Waals surface area contributed by atoms with Crippen LogP contribution in [-0.2, 0) is 0 Å². The van der Waals surface area contributed by atoms with Crippen molar-refractivity contribution in [1.82, 2.24) is 15.0 Å². The Morgan fingerprint density at radius 3 is 3.00 bits per heavy atom. The third kappa shape index (κ3) is 0.833. The molecule has 60 valence electrons. The van der Waals surface area contributed by atoms with Gasteiger partial charge in [0.05, 0.1) is 23.6 Å². The van der Waals surface area contributed by atoms with Crippen molar-refractivity contribution in [3.05, 3.63) is 29.1 Å². The van der Waals surface area contributed by atoms with Gasteiger partial charge in [0.2, 0.25) is 0 Å². The number of nitrogen functional groups attached to an aromatic ring is 1. The molecule has 2 rings (SSSR count). The van der Waals surface area contributed by atoms with E-state index < -0.39 is 0 Å². The van der Waals surface area contributed by atoms with Crippen LogP contribution in [0.15, 0.2) is 23.5 Å². The van der Waals surface area contributed by atoms with Crippen molar-refractivity contribution >= 4 is 16.6 Å². The maximum absolute atomic E-state index is 11.1. The van der Waals surface area contributed by atoms with Crippen LogP contribution in [0.5, 0.6) is 0 Å².